The van der Waals surface area contributed by atoms with E-state index in [0.29, 0.717) is 6.61 Å². The minimum Gasteiger partial charge on any atom is -0.461 e. The Hall–Kier alpha value is -1.31. The van der Waals surface area contributed by atoms with E-state index in [1.165, 1.54) is 12.5 Å². The molecule has 0 aliphatic rings. The molecule has 14 heavy (non-hydrogen) atoms. The van der Waals surface area contributed by atoms with Gasteiger partial charge < -0.3 is 4.74 Å². The van der Waals surface area contributed by atoms with Crippen molar-refractivity contribution in [3.8, 4) is 0 Å². The summed E-state index contributed by atoms with van der Waals surface area (Å²) >= 11 is 0. The van der Waals surface area contributed by atoms with Crippen LogP contribution < -0.4 is 0 Å². The highest BCUT2D eigenvalue weighted by Gasteiger charge is 2.01. The van der Waals surface area contributed by atoms with Gasteiger partial charge >= 0.3 is 5.97 Å². The van der Waals surface area contributed by atoms with Crippen molar-refractivity contribution in [2.45, 2.75) is 33.3 Å². The van der Waals surface area contributed by atoms with E-state index in [0.717, 1.165) is 18.4 Å². The lowest BCUT2D eigenvalue weighted by Crippen LogP contribution is -2.01. The molecular formula is C12H16O2. The number of carbonyl (C=O) groups excluding carboxylic acids is 1. The Kier molecular flexibility index (Phi) is 4.17. The molecule has 76 valence electrons. The SMILES string of the molecule is CCCc1ccccc1COC(C)=O. The van der Waals surface area contributed by atoms with E-state index in [9.17, 15) is 4.79 Å². The van der Waals surface area contributed by atoms with Crippen molar-refractivity contribution in [2.24, 2.45) is 0 Å². The number of aryl methyl sites for hydroxylation is 1. The van der Waals surface area contributed by atoms with Crippen LogP contribution in [0.4, 0.5) is 0 Å². The second-order valence-corrected chi connectivity index (χ2v) is 3.30. The van der Waals surface area contributed by atoms with Gasteiger partial charge in [-0.15, -0.1) is 0 Å². The van der Waals surface area contributed by atoms with Gasteiger partial charge in [-0.25, -0.2) is 0 Å². The molecule has 0 aromatic heterocycles. The predicted molar refractivity (Wildman–Crippen MR) is 55.9 cm³/mol. The summed E-state index contributed by atoms with van der Waals surface area (Å²) in [7, 11) is 0. The standard InChI is InChI=1S/C12H16O2/c1-3-6-11-7-4-5-8-12(11)9-14-10(2)13/h4-5,7-8H,3,6,9H2,1-2H3. The smallest absolute Gasteiger partial charge is 0.302 e. The van der Waals surface area contributed by atoms with Gasteiger partial charge in [0.2, 0.25) is 0 Å². The number of benzene rings is 1. The van der Waals surface area contributed by atoms with Crippen molar-refractivity contribution in [3.63, 3.8) is 0 Å². The molecule has 0 heterocycles. The first-order chi connectivity index (χ1) is 6.74. The van der Waals surface area contributed by atoms with Crippen LogP contribution in [0, 0.1) is 0 Å². The zero-order chi connectivity index (χ0) is 10.4. The fourth-order valence-corrected chi connectivity index (χ4v) is 1.39. The van der Waals surface area contributed by atoms with Crippen molar-refractivity contribution in [3.05, 3.63) is 35.4 Å². The van der Waals surface area contributed by atoms with E-state index in [2.05, 4.69) is 13.0 Å². The maximum atomic E-state index is 10.7. The van der Waals surface area contributed by atoms with E-state index >= 15 is 0 Å². The molecule has 0 bridgehead atoms. The Bertz CT molecular complexity index is 305. The number of rotatable bonds is 4. The van der Waals surface area contributed by atoms with Crippen LogP contribution in [-0.4, -0.2) is 5.97 Å². The first-order valence-corrected chi connectivity index (χ1v) is 4.94. The number of ether oxygens (including phenoxy) is 1. The molecular weight excluding hydrogens is 176 g/mol. The first-order valence-electron chi connectivity index (χ1n) is 4.94. The van der Waals surface area contributed by atoms with Gasteiger partial charge in [-0.2, -0.15) is 0 Å². The van der Waals surface area contributed by atoms with E-state index < -0.39 is 0 Å². The van der Waals surface area contributed by atoms with Gasteiger partial charge in [0.25, 0.3) is 0 Å². The summed E-state index contributed by atoms with van der Waals surface area (Å²) in [4.78, 5) is 10.7. The zero-order valence-corrected chi connectivity index (χ0v) is 8.75. The molecule has 1 rings (SSSR count). The Labute approximate surface area is 84.9 Å². The number of hydrogen-bond acceptors (Lipinski definition) is 2. The average molecular weight is 192 g/mol. The first kappa shape index (κ1) is 10.8. The highest BCUT2D eigenvalue weighted by Crippen LogP contribution is 2.12. The zero-order valence-electron chi connectivity index (χ0n) is 8.75. The van der Waals surface area contributed by atoms with Gasteiger partial charge in [-0.05, 0) is 17.5 Å². The molecule has 0 radical (unpaired) electrons. The molecule has 0 aliphatic carbocycles. The molecule has 0 N–H and O–H groups in total. The lowest BCUT2D eigenvalue weighted by Gasteiger charge is -2.07. The molecule has 0 fully saturated rings. The third-order valence-corrected chi connectivity index (χ3v) is 2.07. The Morgan fingerprint density at radius 2 is 1.93 bits per heavy atom. The molecule has 2 nitrogen and oxygen atoms in total. The van der Waals surface area contributed by atoms with Crippen LogP contribution in [0.2, 0.25) is 0 Å². The van der Waals surface area contributed by atoms with Gasteiger partial charge in [-0.1, -0.05) is 37.6 Å². The van der Waals surface area contributed by atoms with E-state index in [4.69, 9.17) is 4.74 Å². The molecule has 0 saturated heterocycles. The predicted octanol–water partition coefficient (Wildman–Crippen LogP) is 2.70. The molecule has 1 aromatic rings. The van der Waals surface area contributed by atoms with Gasteiger partial charge in [0.15, 0.2) is 0 Å². The van der Waals surface area contributed by atoms with E-state index in [1.54, 1.807) is 0 Å². The minimum absolute atomic E-state index is 0.226. The Morgan fingerprint density at radius 1 is 1.29 bits per heavy atom. The van der Waals surface area contributed by atoms with Crippen molar-refractivity contribution in [2.75, 3.05) is 0 Å². The summed E-state index contributed by atoms with van der Waals surface area (Å²) in [5, 5.41) is 0. The Morgan fingerprint density at radius 3 is 2.50 bits per heavy atom. The van der Waals surface area contributed by atoms with Gasteiger partial charge in [0, 0.05) is 6.92 Å². The topological polar surface area (TPSA) is 26.3 Å². The number of hydrogen-bond donors (Lipinski definition) is 0. The monoisotopic (exact) mass is 192 g/mol. The van der Waals surface area contributed by atoms with E-state index in [1.807, 2.05) is 18.2 Å². The highest BCUT2D eigenvalue weighted by molar-refractivity contribution is 5.65. The summed E-state index contributed by atoms with van der Waals surface area (Å²) in [6.45, 7) is 3.97. The third kappa shape index (κ3) is 3.21. The lowest BCUT2D eigenvalue weighted by molar-refractivity contribution is -0.142. The van der Waals surface area contributed by atoms with Crippen LogP contribution in [-0.2, 0) is 22.6 Å². The van der Waals surface area contributed by atoms with Crippen molar-refractivity contribution < 1.29 is 9.53 Å². The third-order valence-electron chi connectivity index (χ3n) is 2.07. The van der Waals surface area contributed by atoms with Crippen LogP contribution >= 0.6 is 0 Å². The summed E-state index contributed by atoms with van der Waals surface area (Å²) in [5.74, 6) is -0.226. The maximum Gasteiger partial charge on any atom is 0.302 e. The second-order valence-electron chi connectivity index (χ2n) is 3.30. The maximum absolute atomic E-state index is 10.7. The summed E-state index contributed by atoms with van der Waals surface area (Å²) in [6, 6.07) is 8.08. The molecule has 0 saturated carbocycles. The van der Waals surface area contributed by atoms with Crippen molar-refractivity contribution >= 4 is 5.97 Å². The molecule has 0 spiro atoms. The normalized spacial score (nSPS) is 9.86. The molecule has 0 unspecified atom stereocenters. The largest absolute Gasteiger partial charge is 0.461 e. The number of carbonyl (C=O) groups is 1. The van der Waals surface area contributed by atoms with Gasteiger partial charge in [-0.3, -0.25) is 4.79 Å². The van der Waals surface area contributed by atoms with Crippen LogP contribution in [0.15, 0.2) is 24.3 Å². The molecule has 0 aliphatic heterocycles. The summed E-state index contributed by atoms with van der Waals surface area (Å²) < 4.78 is 4.98. The van der Waals surface area contributed by atoms with Crippen LogP contribution in [0.3, 0.4) is 0 Å². The highest BCUT2D eigenvalue weighted by atomic mass is 16.5. The average Bonchev–Trinajstić information content (AvgIpc) is 2.17. The van der Waals surface area contributed by atoms with Crippen LogP contribution in [0.25, 0.3) is 0 Å². The second kappa shape index (κ2) is 5.43. The molecule has 1 aromatic carbocycles. The quantitative estimate of drug-likeness (QED) is 0.685. The van der Waals surface area contributed by atoms with Gasteiger partial charge in [0.05, 0.1) is 0 Å². The van der Waals surface area contributed by atoms with Crippen molar-refractivity contribution in [1.82, 2.24) is 0 Å². The van der Waals surface area contributed by atoms with Gasteiger partial charge in [0.1, 0.15) is 6.61 Å². The molecule has 0 atom stereocenters. The lowest BCUT2D eigenvalue weighted by atomic mass is 10.0. The fraction of sp³-hybridized carbons (Fsp3) is 0.417. The summed E-state index contributed by atoms with van der Waals surface area (Å²) in [6.07, 6.45) is 2.15. The van der Waals surface area contributed by atoms with Crippen LogP contribution in [0.5, 0.6) is 0 Å². The Balaban J connectivity index is 2.68. The minimum atomic E-state index is -0.226. The van der Waals surface area contributed by atoms with E-state index in [-0.39, 0.29) is 5.97 Å². The molecule has 2 heteroatoms. The number of esters is 1. The summed E-state index contributed by atoms with van der Waals surface area (Å²) in [5.41, 5.74) is 2.39. The van der Waals surface area contributed by atoms with Crippen molar-refractivity contribution in [1.29, 1.82) is 0 Å². The molecule has 0 amide bonds. The fourth-order valence-electron chi connectivity index (χ4n) is 1.39. The van der Waals surface area contributed by atoms with Crippen LogP contribution in [0.1, 0.15) is 31.4 Å².